The Labute approximate surface area is 152 Å². The van der Waals surface area contributed by atoms with Crippen LogP contribution in [0.4, 0.5) is 10.1 Å². The van der Waals surface area contributed by atoms with E-state index >= 15 is 0 Å². The maximum Gasteiger partial charge on any atom is 0.279 e. The van der Waals surface area contributed by atoms with Crippen molar-refractivity contribution in [3.8, 4) is 5.75 Å². The number of carbonyl (C=O) groups is 2. The number of oxime groups is 1. The Kier molecular flexibility index (Phi) is 3.88. The number of hydrogen-bond acceptors (Lipinski definition) is 5. The van der Waals surface area contributed by atoms with Crippen LogP contribution in [0, 0.1) is 11.7 Å². The molecule has 0 N–H and O–H groups in total. The lowest BCUT2D eigenvalue weighted by Gasteiger charge is -2.18. The third kappa shape index (κ3) is 2.43. The van der Waals surface area contributed by atoms with Gasteiger partial charge in [0, 0.05) is 10.6 Å². The van der Waals surface area contributed by atoms with Crippen molar-refractivity contribution in [1.29, 1.82) is 0 Å². The van der Waals surface area contributed by atoms with Gasteiger partial charge < -0.3 is 9.57 Å². The van der Waals surface area contributed by atoms with Crippen LogP contribution in [0.3, 0.4) is 0 Å². The molecule has 2 aliphatic rings. The minimum atomic E-state index is -1.06. The van der Waals surface area contributed by atoms with Crippen LogP contribution in [0.5, 0.6) is 5.75 Å². The van der Waals surface area contributed by atoms with Crippen molar-refractivity contribution in [2.45, 2.75) is 6.10 Å². The monoisotopic (exact) mass is 374 g/mol. The quantitative estimate of drug-likeness (QED) is 0.775. The molecule has 1 fully saturated rings. The third-order valence-corrected chi connectivity index (χ3v) is 4.57. The van der Waals surface area contributed by atoms with Gasteiger partial charge in [-0.3, -0.25) is 9.59 Å². The van der Waals surface area contributed by atoms with Gasteiger partial charge in [0.15, 0.2) is 0 Å². The molecule has 4 rings (SSSR count). The maximum atomic E-state index is 13.2. The van der Waals surface area contributed by atoms with Gasteiger partial charge in [-0.05, 0) is 30.3 Å². The molecule has 2 aromatic carbocycles. The van der Waals surface area contributed by atoms with Gasteiger partial charge in [-0.15, -0.1) is 0 Å². The Morgan fingerprint density at radius 3 is 2.58 bits per heavy atom. The molecule has 0 bridgehead atoms. The topological polar surface area (TPSA) is 68.2 Å². The van der Waals surface area contributed by atoms with Crippen molar-refractivity contribution in [3.63, 3.8) is 0 Å². The van der Waals surface area contributed by atoms with Crippen LogP contribution in [0.2, 0.25) is 5.02 Å². The summed E-state index contributed by atoms with van der Waals surface area (Å²) >= 11 is 6.01. The summed E-state index contributed by atoms with van der Waals surface area (Å²) in [5.41, 5.74) is 1.04. The van der Waals surface area contributed by atoms with E-state index in [0.29, 0.717) is 16.3 Å². The first-order valence-electron chi connectivity index (χ1n) is 7.72. The first kappa shape index (κ1) is 16.5. The van der Waals surface area contributed by atoms with E-state index in [2.05, 4.69) is 5.16 Å². The molecule has 1 saturated heterocycles. The van der Waals surface area contributed by atoms with Crippen LogP contribution in [0.25, 0.3) is 0 Å². The molecule has 2 heterocycles. The van der Waals surface area contributed by atoms with E-state index in [9.17, 15) is 14.0 Å². The van der Waals surface area contributed by atoms with Crippen LogP contribution < -0.4 is 9.64 Å². The summed E-state index contributed by atoms with van der Waals surface area (Å²) in [5.74, 6) is -2.04. The van der Waals surface area contributed by atoms with Crippen LogP contribution in [-0.2, 0) is 14.4 Å². The Morgan fingerprint density at radius 1 is 1.15 bits per heavy atom. The van der Waals surface area contributed by atoms with Crippen LogP contribution >= 0.6 is 11.6 Å². The van der Waals surface area contributed by atoms with Crippen LogP contribution in [-0.4, -0.2) is 30.7 Å². The SMILES string of the molecule is COc1ccc(Cl)cc1N1C(=O)[C@@H]2C(c3ccc(F)cc3)=NO[C@H]2C1=O. The predicted molar refractivity (Wildman–Crippen MR) is 91.8 cm³/mol. The van der Waals surface area contributed by atoms with E-state index in [1.165, 1.54) is 37.4 Å². The molecule has 132 valence electrons. The summed E-state index contributed by atoms with van der Waals surface area (Å²) < 4.78 is 18.4. The maximum absolute atomic E-state index is 13.2. The molecule has 0 aromatic heterocycles. The van der Waals surface area contributed by atoms with Crippen molar-refractivity contribution in [2.24, 2.45) is 11.1 Å². The second kappa shape index (κ2) is 6.10. The molecule has 0 unspecified atom stereocenters. The highest BCUT2D eigenvalue weighted by atomic mass is 35.5. The van der Waals surface area contributed by atoms with Gasteiger partial charge in [0.2, 0.25) is 12.0 Å². The summed E-state index contributed by atoms with van der Waals surface area (Å²) in [6.45, 7) is 0. The molecule has 0 radical (unpaired) electrons. The number of amides is 2. The van der Waals surface area contributed by atoms with E-state index in [1.807, 2.05) is 0 Å². The Morgan fingerprint density at radius 2 is 1.88 bits per heavy atom. The highest BCUT2D eigenvalue weighted by molar-refractivity contribution is 6.34. The lowest BCUT2D eigenvalue weighted by atomic mass is 9.94. The highest BCUT2D eigenvalue weighted by Gasteiger charge is 2.56. The normalized spacial score (nSPS) is 21.5. The Bertz CT molecular complexity index is 945. The second-order valence-corrected chi connectivity index (χ2v) is 6.25. The van der Waals surface area contributed by atoms with E-state index in [4.69, 9.17) is 21.2 Å². The number of carbonyl (C=O) groups excluding carboxylic acids is 2. The molecule has 26 heavy (non-hydrogen) atoms. The number of ether oxygens (including phenoxy) is 1. The summed E-state index contributed by atoms with van der Waals surface area (Å²) in [6.07, 6.45) is -1.06. The van der Waals surface area contributed by atoms with Gasteiger partial charge in [-0.2, -0.15) is 0 Å². The standard InChI is InChI=1S/C18H12ClFN2O4/c1-25-13-7-4-10(19)8-12(13)22-17(23)14-15(21-26-16(14)18(22)24)9-2-5-11(20)6-3-9/h2-8,14,16H,1H3/t14-,16-/m1/s1. The van der Waals surface area contributed by atoms with Crippen molar-refractivity contribution in [2.75, 3.05) is 12.0 Å². The van der Waals surface area contributed by atoms with Crippen molar-refractivity contribution < 1.29 is 23.6 Å². The molecule has 2 aliphatic heterocycles. The lowest BCUT2D eigenvalue weighted by Crippen LogP contribution is -2.33. The first-order chi connectivity index (χ1) is 12.5. The number of fused-ring (bicyclic) bond motifs is 1. The zero-order valence-corrected chi connectivity index (χ0v) is 14.2. The molecule has 2 atom stereocenters. The Hall–Kier alpha value is -2.93. The zero-order valence-electron chi connectivity index (χ0n) is 13.5. The third-order valence-electron chi connectivity index (χ3n) is 4.33. The van der Waals surface area contributed by atoms with E-state index in [-0.39, 0.29) is 11.4 Å². The van der Waals surface area contributed by atoms with Gasteiger partial charge in [0.1, 0.15) is 23.2 Å². The van der Waals surface area contributed by atoms with Crippen LogP contribution in [0.15, 0.2) is 47.6 Å². The summed E-state index contributed by atoms with van der Waals surface area (Å²) in [7, 11) is 1.43. The molecular formula is C18H12ClFN2O4. The first-order valence-corrected chi connectivity index (χ1v) is 8.10. The predicted octanol–water partition coefficient (Wildman–Crippen LogP) is 2.78. The van der Waals surface area contributed by atoms with Crippen LogP contribution in [0.1, 0.15) is 5.56 Å². The summed E-state index contributed by atoms with van der Waals surface area (Å²) in [4.78, 5) is 32.0. The number of halogens is 2. The van der Waals surface area contributed by atoms with E-state index in [0.717, 1.165) is 4.90 Å². The van der Waals surface area contributed by atoms with Crippen molar-refractivity contribution in [3.05, 3.63) is 58.9 Å². The molecule has 0 spiro atoms. The van der Waals surface area contributed by atoms with Gasteiger partial charge in [0.25, 0.3) is 5.91 Å². The van der Waals surface area contributed by atoms with Crippen molar-refractivity contribution >= 4 is 34.8 Å². The van der Waals surface area contributed by atoms with Gasteiger partial charge in [0.05, 0.1) is 12.8 Å². The number of rotatable bonds is 3. The second-order valence-electron chi connectivity index (χ2n) is 5.82. The fourth-order valence-electron chi connectivity index (χ4n) is 3.11. The average molecular weight is 375 g/mol. The molecule has 8 heteroatoms. The van der Waals surface area contributed by atoms with E-state index in [1.54, 1.807) is 12.1 Å². The lowest BCUT2D eigenvalue weighted by molar-refractivity contribution is -0.126. The number of methoxy groups -OCH3 is 1. The average Bonchev–Trinajstić information content (AvgIpc) is 3.16. The minimum absolute atomic E-state index is 0.242. The number of benzene rings is 2. The Balaban J connectivity index is 1.74. The number of nitrogens with zero attached hydrogens (tertiary/aromatic N) is 2. The zero-order chi connectivity index (χ0) is 18.4. The van der Waals surface area contributed by atoms with Gasteiger partial charge in [-0.25, -0.2) is 9.29 Å². The summed E-state index contributed by atoms with van der Waals surface area (Å²) in [6, 6.07) is 10.1. The molecule has 0 saturated carbocycles. The molecule has 0 aliphatic carbocycles. The number of imide groups is 1. The smallest absolute Gasteiger partial charge is 0.279 e. The molecule has 6 nitrogen and oxygen atoms in total. The van der Waals surface area contributed by atoms with E-state index < -0.39 is 29.7 Å². The fraction of sp³-hybridized carbons (Fsp3) is 0.167. The molecule has 2 amide bonds. The minimum Gasteiger partial charge on any atom is -0.495 e. The van der Waals surface area contributed by atoms with Gasteiger partial charge >= 0.3 is 0 Å². The fourth-order valence-corrected chi connectivity index (χ4v) is 3.28. The molecular weight excluding hydrogens is 363 g/mol. The summed E-state index contributed by atoms with van der Waals surface area (Å²) in [5, 5.41) is 4.23. The number of anilines is 1. The highest BCUT2D eigenvalue weighted by Crippen LogP contribution is 2.39. The number of hydrogen-bond donors (Lipinski definition) is 0. The van der Waals surface area contributed by atoms with Crippen molar-refractivity contribution in [1.82, 2.24) is 0 Å². The largest absolute Gasteiger partial charge is 0.495 e. The molecule has 2 aromatic rings. The van der Waals surface area contributed by atoms with Gasteiger partial charge in [-0.1, -0.05) is 28.9 Å².